The first-order valence-corrected chi connectivity index (χ1v) is 19.2. The second kappa shape index (κ2) is 18.5. The number of H-pyrrole nitrogens is 3. The number of hydrogen-bond donors (Lipinski definition) is 3. The molecule has 2 aliphatic heterocycles. The van der Waals surface area contributed by atoms with Gasteiger partial charge in [-0.2, -0.15) is 0 Å². The van der Waals surface area contributed by atoms with Gasteiger partial charge < -0.3 is 94.2 Å². The number of carbonyl (C=O) groups excluding carboxylic acids is 8. The van der Waals surface area contributed by atoms with Crippen LogP contribution in [0.25, 0.3) is 6.08 Å². The number of aromatic amines is 3. The molecule has 0 unspecified atom stereocenters. The van der Waals surface area contributed by atoms with Crippen LogP contribution in [0.1, 0.15) is 113 Å². The number of allylic oxidation sites excluding steroid dienone is 1. The van der Waals surface area contributed by atoms with E-state index in [0.717, 1.165) is 0 Å². The van der Waals surface area contributed by atoms with Gasteiger partial charge in [-0.15, -0.1) is 0 Å². The highest BCUT2D eigenvalue weighted by Crippen LogP contribution is 2.49. The summed E-state index contributed by atoms with van der Waals surface area (Å²) in [6, 6.07) is 0. The number of rotatable bonds is 20. The lowest BCUT2D eigenvalue weighted by molar-refractivity contribution is -0.309. The van der Waals surface area contributed by atoms with E-state index in [1.807, 2.05) is 0 Å². The van der Waals surface area contributed by atoms with Gasteiger partial charge in [0.1, 0.15) is 0 Å². The van der Waals surface area contributed by atoms with Crippen LogP contribution in [0, 0.1) is 11.3 Å². The van der Waals surface area contributed by atoms with Crippen molar-refractivity contribution in [1.29, 1.82) is 0 Å². The zero-order valence-electron chi connectivity index (χ0n) is 32.7. The summed E-state index contributed by atoms with van der Waals surface area (Å²) in [5.41, 5.74) is -0.0276. The van der Waals surface area contributed by atoms with Crippen LogP contribution < -0.4 is 40.9 Å². The number of carboxylic acid groups (broad SMARTS) is 8. The Morgan fingerprint density at radius 3 is 1.34 bits per heavy atom. The third-order valence-electron chi connectivity index (χ3n) is 11.3. The molecular weight excluding hydrogens is 804 g/mol. The average Bonchev–Trinajstić information content (AvgIpc) is 3.79. The number of carbonyl (C=O) groups is 8. The van der Waals surface area contributed by atoms with Crippen molar-refractivity contribution >= 4 is 59.5 Å². The normalized spacial score (nSPS) is 17.9. The van der Waals surface area contributed by atoms with Crippen LogP contribution in [0.5, 0.6) is 0 Å². The van der Waals surface area contributed by atoms with Crippen molar-refractivity contribution in [1.82, 2.24) is 15.0 Å². The van der Waals surface area contributed by atoms with Gasteiger partial charge in [0.2, 0.25) is 0 Å². The minimum absolute atomic E-state index is 0.000721. The van der Waals surface area contributed by atoms with Crippen LogP contribution in [-0.2, 0) is 96.1 Å². The molecule has 61 heavy (non-hydrogen) atoms. The standard InChI is InChI=1S/C41H46N4O16/c1-41(17-40(60)61)24(5-9-36(52)53)31-15-29-22(11-38(56)57)19(3-7-34(48)49)27(43-29)14-28-21(10-37(54)55)18(2-6-33(46)47)25(42-28)13-26-20(4-8-35(50)51)23(12-39(58)59)30(44-26)16-32(41)45-31/h16,24,42-44H,2-15,17H2,1H3,(H,46,47)(H,48,49)(H,50,51)(H,52,53)(H,54,55)(H,56,57)(H,58,59)(H,60,61)/p-8/b32-16-/t24-,41+/m1/s1. The number of hydrogen-bond acceptors (Lipinski definition) is 17. The van der Waals surface area contributed by atoms with Crippen molar-refractivity contribution < 1.29 is 79.2 Å². The maximum Gasteiger partial charge on any atom is 0.0493 e. The molecule has 8 bridgehead atoms. The molecule has 0 aliphatic carbocycles. The third kappa shape index (κ3) is 10.6. The summed E-state index contributed by atoms with van der Waals surface area (Å²) in [6.45, 7) is 1.47. The van der Waals surface area contributed by atoms with Gasteiger partial charge in [0.05, 0.1) is 0 Å². The van der Waals surface area contributed by atoms with Gasteiger partial charge in [-0.25, -0.2) is 0 Å². The van der Waals surface area contributed by atoms with Crippen LogP contribution in [0.2, 0.25) is 0 Å². The number of aliphatic imine (C=N–C) groups is 1. The lowest BCUT2D eigenvalue weighted by Gasteiger charge is -2.34. The molecule has 0 aromatic carbocycles. The Balaban J connectivity index is 1.92. The lowest BCUT2D eigenvalue weighted by Crippen LogP contribution is -2.38. The molecule has 3 aromatic heterocycles. The largest absolute Gasteiger partial charge is 0.550 e. The van der Waals surface area contributed by atoms with Gasteiger partial charge in [-0.3, -0.25) is 4.99 Å². The Bertz CT molecular complexity index is 2380. The van der Waals surface area contributed by atoms with Gasteiger partial charge in [0.15, 0.2) is 0 Å². The first-order chi connectivity index (χ1) is 28.7. The van der Waals surface area contributed by atoms with Crippen molar-refractivity contribution in [2.45, 2.75) is 103 Å². The van der Waals surface area contributed by atoms with E-state index in [2.05, 4.69) is 15.0 Å². The Morgan fingerprint density at radius 2 is 0.918 bits per heavy atom. The summed E-state index contributed by atoms with van der Waals surface area (Å²) in [7, 11) is 0. The number of nitrogens with one attached hydrogen (secondary N) is 3. The smallest absolute Gasteiger partial charge is 0.0493 e. The van der Waals surface area contributed by atoms with Crippen LogP contribution in [0.3, 0.4) is 0 Å². The fourth-order valence-corrected chi connectivity index (χ4v) is 8.78. The molecular formula is C41H38N4O16-8. The Morgan fingerprint density at radius 1 is 0.525 bits per heavy atom. The van der Waals surface area contributed by atoms with Crippen LogP contribution in [-0.4, -0.2) is 68.4 Å². The molecule has 0 saturated carbocycles. The predicted molar refractivity (Wildman–Crippen MR) is 189 cm³/mol. The maximum absolute atomic E-state index is 12.4. The first kappa shape index (κ1) is 45.1. The zero-order valence-corrected chi connectivity index (χ0v) is 32.7. The Hall–Kier alpha value is -6.99. The van der Waals surface area contributed by atoms with E-state index in [-0.39, 0.29) is 124 Å². The highest BCUT2D eigenvalue weighted by atomic mass is 16.4. The van der Waals surface area contributed by atoms with E-state index < -0.39 is 110 Å². The van der Waals surface area contributed by atoms with Crippen molar-refractivity contribution in [2.24, 2.45) is 16.3 Å². The Kier molecular flexibility index (Phi) is 13.7. The van der Waals surface area contributed by atoms with Crippen LogP contribution in [0.15, 0.2) is 10.7 Å². The second-order valence-electron chi connectivity index (χ2n) is 15.4. The minimum Gasteiger partial charge on any atom is -0.550 e. The summed E-state index contributed by atoms with van der Waals surface area (Å²) in [5, 5.41) is 96.1. The predicted octanol–water partition coefficient (Wildman–Crippen LogP) is -7.58. The molecule has 0 fully saturated rings. The van der Waals surface area contributed by atoms with Crippen LogP contribution >= 0.6 is 0 Å². The first-order valence-electron chi connectivity index (χ1n) is 19.2. The highest BCUT2D eigenvalue weighted by Gasteiger charge is 2.46. The van der Waals surface area contributed by atoms with E-state index in [1.165, 1.54) is 13.0 Å². The number of aromatic nitrogens is 3. The summed E-state index contributed by atoms with van der Waals surface area (Å²) >= 11 is 0. The molecule has 20 heteroatoms. The number of nitrogens with zero attached hydrogens (tertiary/aromatic N) is 1. The summed E-state index contributed by atoms with van der Waals surface area (Å²) < 4.78 is 0. The van der Waals surface area contributed by atoms with E-state index in [1.54, 1.807) is 0 Å². The summed E-state index contributed by atoms with van der Waals surface area (Å²) in [5.74, 6) is -13.3. The van der Waals surface area contributed by atoms with Gasteiger partial charge >= 0.3 is 0 Å². The van der Waals surface area contributed by atoms with Crippen molar-refractivity contribution in [3.63, 3.8) is 0 Å². The lowest BCUT2D eigenvalue weighted by atomic mass is 9.69. The maximum atomic E-state index is 12.4. The quantitative estimate of drug-likeness (QED) is 0.0951. The van der Waals surface area contributed by atoms with Gasteiger partial charge in [0, 0.05) is 143 Å². The van der Waals surface area contributed by atoms with Gasteiger partial charge in [-0.05, 0) is 97.2 Å². The molecule has 3 aromatic rings. The minimum atomic E-state index is -1.60. The number of aliphatic carboxylic acids is 8. The number of carboxylic acids is 8. The molecule has 0 radical (unpaired) electrons. The molecule has 2 aliphatic rings. The second-order valence-corrected chi connectivity index (χ2v) is 15.4. The molecule has 2 atom stereocenters. The van der Waals surface area contributed by atoms with Crippen molar-refractivity contribution in [3.05, 3.63) is 73.2 Å². The van der Waals surface area contributed by atoms with Gasteiger partial charge in [-0.1, -0.05) is 6.92 Å². The summed E-state index contributed by atoms with van der Waals surface area (Å²) in [4.78, 5) is 110. The fraction of sp³-hybridized carbons (Fsp3) is 0.439. The molecule has 0 spiro atoms. The molecule has 0 saturated heterocycles. The molecule has 0 amide bonds. The van der Waals surface area contributed by atoms with E-state index in [0.29, 0.717) is 0 Å². The van der Waals surface area contributed by atoms with Crippen molar-refractivity contribution in [3.8, 4) is 0 Å². The zero-order chi connectivity index (χ0) is 44.9. The van der Waals surface area contributed by atoms with E-state index >= 15 is 0 Å². The Labute approximate surface area is 346 Å². The number of fused-ring (bicyclic) bond motifs is 7. The molecule has 5 rings (SSSR count). The summed E-state index contributed by atoms with van der Waals surface area (Å²) in [6.07, 6.45) is -6.24. The van der Waals surface area contributed by atoms with E-state index in [9.17, 15) is 79.2 Å². The topological polar surface area (TPSA) is 381 Å². The molecule has 326 valence electrons. The monoisotopic (exact) mass is 842 g/mol. The third-order valence-corrected chi connectivity index (χ3v) is 11.3. The molecule has 20 nitrogen and oxygen atoms in total. The SMILES string of the molecule is C[C@@]1(CC(=O)[O-])/C2=C/c3[nH]c(c(CCC(=O)[O-])c3CC(=O)[O-])Cc3[nH]c(c(CC(=O)[O-])c3CCC(=O)[O-])Cc3[nH]c(c(CC(=O)[O-])c3CCC(=O)[O-])CC(=N2)[C@H]1CCC(=O)[O-]. The molecule has 3 N–H and O–H groups in total. The molecule has 5 heterocycles. The van der Waals surface area contributed by atoms with Crippen LogP contribution in [0.4, 0.5) is 0 Å². The van der Waals surface area contributed by atoms with Gasteiger partial charge in [0.25, 0.3) is 0 Å². The fourth-order valence-electron chi connectivity index (χ4n) is 8.78. The average molecular weight is 843 g/mol. The highest BCUT2D eigenvalue weighted by molar-refractivity contribution is 5.95. The van der Waals surface area contributed by atoms with E-state index in [4.69, 9.17) is 4.99 Å². The van der Waals surface area contributed by atoms with Crippen molar-refractivity contribution in [2.75, 3.05) is 0 Å².